The maximum atomic E-state index is 11.6. The Kier molecular flexibility index (Phi) is 1.87. The first-order valence-corrected chi connectivity index (χ1v) is 5.32. The van der Waals surface area contributed by atoms with Gasteiger partial charge in [0.2, 0.25) is 0 Å². The van der Waals surface area contributed by atoms with Crippen molar-refractivity contribution in [2.24, 2.45) is 0 Å². The van der Waals surface area contributed by atoms with Gasteiger partial charge in [-0.15, -0.1) is 0 Å². The van der Waals surface area contributed by atoms with Crippen LogP contribution in [-0.4, -0.2) is 19.1 Å². The highest BCUT2D eigenvalue weighted by molar-refractivity contribution is 7.89. The van der Waals surface area contributed by atoms with E-state index in [2.05, 4.69) is 0 Å². The highest BCUT2D eigenvalue weighted by Gasteiger charge is 2.43. The van der Waals surface area contributed by atoms with Crippen LogP contribution >= 0.6 is 0 Å². The number of hydroxylamine groups is 1. The third kappa shape index (κ3) is 1.46. The first-order valence-electron chi connectivity index (χ1n) is 3.88. The molecule has 1 aliphatic rings. The second-order valence-corrected chi connectivity index (χ2v) is 4.56. The SMILES string of the molecule is CC1ON1S(=O)(=O)c1ccccc1. The fourth-order valence-corrected chi connectivity index (χ4v) is 2.41. The number of benzene rings is 1. The number of sulfonamides is 1. The van der Waals surface area contributed by atoms with Gasteiger partial charge in [-0.1, -0.05) is 18.2 Å². The van der Waals surface area contributed by atoms with E-state index in [0.29, 0.717) is 0 Å². The van der Waals surface area contributed by atoms with Gasteiger partial charge < -0.3 is 0 Å². The first kappa shape index (κ1) is 8.68. The van der Waals surface area contributed by atoms with Crippen LogP contribution in [0, 0.1) is 0 Å². The summed E-state index contributed by atoms with van der Waals surface area (Å²) in [6, 6.07) is 8.22. The maximum Gasteiger partial charge on any atom is 0.267 e. The minimum absolute atomic E-state index is 0.263. The zero-order valence-corrected chi connectivity index (χ0v) is 7.86. The molecule has 1 heterocycles. The van der Waals surface area contributed by atoms with Gasteiger partial charge in [-0.2, -0.15) is 0 Å². The molecular weight excluding hydrogens is 190 g/mol. The van der Waals surface area contributed by atoms with Gasteiger partial charge in [0, 0.05) is 0 Å². The van der Waals surface area contributed by atoms with E-state index >= 15 is 0 Å². The minimum atomic E-state index is -3.40. The van der Waals surface area contributed by atoms with E-state index in [1.165, 1.54) is 0 Å². The molecule has 5 heteroatoms. The molecule has 1 saturated heterocycles. The van der Waals surface area contributed by atoms with Crippen molar-refractivity contribution in [2.75, 3.05) is 0 Å². The zero-order chi connectivity index (χ0) is 9.47. The second kappa shape index (κ2) is 2.80. The molecule has 0 N–H and O–H groups in total. The lowest BCUT2D eigenvalue weighted by Gasteiger charge is -1.99. The minimum Gasteiger partial charge on any atom is -0.259 e. The van der Waals surface area contributed by atoms with Crippen molar-refractivity contribution in [3.63, 3.8) is 0 Å². The Balaban J connectivity index is 2.36. The normalized spacial score (nSPS) is 27.2. The standard InChI is InChI=1S/C8H9NO3S/c1-7-9(12-7)13(10,11)8-5-3-2-4-6-8/h2-7H,1H3. The Morgan fingerprint density at radius 3 is 2.31 bits per heavy atom. The van der Waals surface area contributed by atoms with Gasteiger partial charge >= 0.3 is 0 Å². The van der Waals surface area contributed by atoms with Crippen LogP contribution in [0.1, 0.15) is 6.92 Å². The zero-order valence-electron chi connectivity index (χ0n) is 7.04. The maximum absolute atomic E-state index is 11.6. The summed E-state index contributed by atoms with van der Waals surface area (Å²) in [5.74, 6) is 0. The fraction of sp³-hybridized carbons (Fsp3) is 0.250. The third-order valence-electron chi connectivity index (χ3n) is 1.79. The lowest BCUT2D eigenvalue weighted by Crippen LogP contribution is -2.13. The summed E-state index contributed by atoms with van der Waals surface area (Å²) in [7, 11) is -3.40. The molecule has 1 aliphatic heterocycles. The third-order valence-corrected chi connectivity index (χ3v) is 3.51. The highest BCUT2D eigenvalue weighted by Crippen LogP contribution is 2.28. The molecule has 1 aromatic carbocycles. The van der Waals surface area contributed by atoms with Gasteiger partial charge in [0.25, 0.3) is 10.0 Å². The van der Waals surface area contributed by atoms with Crippen LogP contribution in [0.15, 0.2) is 35.2 Å². The van der Waals surface area contributed by atoms with Crippen LogP contribution in [-0.2, 0) is 14.9 Å². The second-order valence-electron chi connectivity index (χ2n) is 2.78. The molecule has 0 spiro atoms. The summed E-state index contributed by atoms with van der Waals surface area (Å²) in [6.07, 6.45) is -0.329. The topological polar surface area (TPSA) is 49.7 Å². The van der Waals surface area contributed by atoms with Crippen molar-refractivity contribution in [1.29, 1.82) is 0 Å². The Morgan fingerprint density at radius 1 is 1.31 bits per heavy atom. The van der Waals surface area contributed by atoms with Crippen LogP contribution in [0.5, 0.6) is 0 Å². The van der Waals surface area contributed by atoms with E-state index in [0.717, 1.165) is 4.47 Å². The van der Waals surface area contributed by atoms with E-state index in [4.69, 9.17) is 4.84 Å². The molecule has 0 aromatic heterocycles. The van der Waals surface area contributed by atoms with Crippen LogP contribution in [0.2, 0.25) is 0 Å². The summed E-state index contributed by atoms with van der Waals surface area (Å²) < 4.78 is 24.2. The summed E-state index contributed by atoms with van der Waals surface area (Å²) in [5.41, 5.74) is 0. The molecule has 4 nitrogen and oxygen atoms in total. The molecule has 0 amide bonds. The van der Waals surface area contributed by atoms with E-state index in [1.807, 2.05) is 0 Å². The van der Waals surface area contributed by atoms with Crippen molar-refractivity contribution in [2.45, 2.75) is 18.0 Å². The van der Waals surface area contributed by atoms with Gasteiger partial charge in [0.1, 0.15) is 0 Å². The molecule has 1 aromatic rings. The molecule has 0 saturated carbocycles. The van der Waals surface area contributed by atoms with Crippen LogP contribution in [0.3, 0.4) is 0 Å². The molecule has 1 fully saturated rings. The van der Waals surface area contributed by atoms with E-state index in [-0.39, 0.29) is 11.1 Å². The van der Waals surface area contributed by atoms with Crippen molar-refractivity contribution < 1.29 is 13.3 Å². The number of rotatable bonds is 2. The lowest BCUT2D eigenvalue weighted by atomic mass is 10.4. The van der Waals surface area contributed by atoms with Crippen LogP contribution < -0.4 is 0 Å². The highest BCUT2D eigenvalue weighted by atomic mass is 32.2. The molecule has 2 unspecified atom stereocenters. The quantitative estimate of drug-likeness (QED) is 0.667. The smallest absolute Gasteiger partial charge is 0.259 e. The molecule has 2 rings (SSSR count). The fourth-order valence-electron chi connectivity index (χ4n) is 1.07. The van der Waals surface area contributed by atoms with Crippen molar-refractivity contribution in [3.05, 3.63) is 30.3 Å². The number of nitrogens with zero attached hydrogens (tertiary/aromatic N) is 1. The summed E-state index contributed by atoms with van der Waals surface area (Å²) >= 11 is 0. The Labute approximate surface area is 76.7 Å². The lowest BCUT2D eigenvalue weighted by molar-refractivity contribution is 0.285. The van der Waals surface area contributed by atoms with Crippen molar-refractivity contribution in [3.8, 4) is 0 Å². The molecule has 0 aliphatic carbocycles. The summed E-state index contributed by atoms with van der Waals surface area (Å²) in [5, 5.41) is 0. The van der Waals surface area contributed by atoms with Crippen LogP contribution in [0.4, 0.5) is 0 Å². The first-order chi connectivity index (χ1) is 6.12. The molecule has 2 atom stereocenters. The monoisotopic (exact) mass is 199 g/mol. The summed E-state index contributed by atoms with van der Waals surface area (Å²) in [6.45, 7) is 1.68. The van der Waals surface area contributed by atoms with E-state index in [1.54, 1.807) is 37.3 Å². The van der Waals surface area contributed by atoms with Crippen molar-refractivity contribution >= 4 is 10.0 Å². The van der Waals surface area contributed by atoms with E-state index < -0.39 is 10.0 Å². The van der Waals surface area contributed by atoms with Crippen LogP contribution in [0.25, 0.3) is 0 Å². The molecule has 0 radical (unpaired) electrons. The predicted octanol–water partition coefficient (Wildman–Crippen LogP) is 0.969. The molecule has 70 valence electrons. The molecule has 0 bridgehead atoms. The number of hydrogen-bond donors (Lipinski definition) is 0. The molecule has 13 heavy (non-hydrogen) atoms. The number of hydrogen-bond acceptors (Lipinski definition) is 3. The van der Waals surface area contributed by atoms with E-state index in [9.17, 15) is 8.42 Å². The Hall–Kier alpha value is -0.910. The van der Waals surface area contributed by atoms with Gasteiger partial charge in [-0.05, 0) is 23.5 Å². The average Bonchev–Trinajstić information content (AvgIpc) is 2.85. The predicted molar refractivity (Wildman–Crippen MR) is 46.0 cm³/mol. The Bertz CT molecular complexity index is 401. The molecular formula is C8H9NO3S. The average molecular weight is 199 g/mol. The van der Waals surface area contributed by atoms with Crippen molar-refractivity contribution in [1.82, 2.24) is 4.47 Å². The Morgan fingerprint density at radius 2 is 1.85 bits per heavy atom. The van der Waals surface area contributed by atoms with Gasteiger partial charge in [-0.3, -0.25) is 4.84 Å². The van der Waals surface area contributed by atoms with Gasteiger partial charge in [0.05, 0.1) is 4.90 Å². The largest absolute Gasteiger partial charge is 0.267 e. The summed E-state index contributed by atoms with van der Waals surface area (Å²) in [4.78, 5) is 5.04. The van der Waals surface area contributed by atoms with Gasteiger partial charge in [0.15, 0.2) is 6.23 Å². The van der Waals surface area contributed by atoms with Gasteiger partial charge in [-0.25, -0.2) is 8.42 Å².